The SMILES string of the molecule is c1cc(-c2ccn[nH]2)c(-c2cn[nH]n2)c(-c2cc3ccccc3s2)c1. The largest absolute Gasteiger partial charge is 0.278 e. The molecule has 0 bridgehead atoms. The maximum absolute atomic E-state index is 4.33. The van der Waals surface area contributed by atoms with Crippen LogP contribution in [0.5, 0.6) is 0 Å². The lowest BCUT2D eigenvalue weighted by atomic mass is 9.95. The summed E-state index contributed by atoms with van der Waals surface area (Å²) in [6, 6.07) is 18.9. The molecule has 0 radical (unpaired) electrons. The van der Waals surface area contributed by atoms with Crippen LogP contribution in [0.2, 0.25) is 0 Å². The van der Waals surface area contributed by atoms with Crippen molar-refractivity contribution in [2.45, 2.75) is 0 Å². The topological polar surface area (TPSA) is 70.2 Å². The number of fused-ring (bicyclic) bond motifs is 1. The van der Waals surface area contributed by atoms with Crippen LogP contribution in [0.25, 0.3) is 43.0 Å². The Hall–Kier alpha value is -3.25. The zero-order valence-corrected chi connectivity index (χ0v) is 13.9. The Morgan fingerprint density at radius 1 is 0.880 bits per heavy atom. The van der Waals surface area contributed by atoms with E-state index in [1.807, 2.05) is 6.07 Å². The first-order valence-electron chi connectivity index (χ1n) is 7.88. The van der Waals surface area contributed by atoms with Crippen molar-refractivity contribution < 1.29 is 0 Å². The highest BCUT2D eigenvalue weighted by molar-refractivity contribution is 7.22. The minimum absolute atomic E-state index is 0.817. The molecule has 2 aromatic carbocycles. The van der Waals surface area contributed by atoms with Crippen molar-refractivity contribution in [2.24, 2.45) is 0 Å². The number of rotatable bonds is 3. The van der Waals surface area contributed by atoms with Gasteiger partial charge in [0.05, 0.1) is 11.9 Å². The summed E-state index contributed by atoms with van der Waals surface area (Å²) in [4.78, 5) is 1.21. The number of aromatic amines is 2. The third-order valence-corrected chi connectivity index (χ3v) is 5.37. The zero-order chi connectivity index (χ0) is 16.6. The van der Waals surface area contributed by atoms with Crippen LogP contribution in [0.4, 0.5) is 0 Å². The standard InChI is InChI=1S/C19H13N5S/c1-2-7-17-12(4-1)10-18(25-17)14-6-3-5-13(15-8-9-20-22-15)19(14)16-11-21-24-23-16/h1-11H,(H,20,22)(H,21,23,24). The Bertz CT molecular complexity index is 1110. The Kier molecular flexibility index (Phi) is 3.21. The molecule has 3 aromatic heterocycles. The first-order valence-corrected chi connectivity index (χ1v) is 8.69. The Labute approximate surface area is 147 Å². The van der Waals surface area contributed by atoms with E-state index in [1.54, 1.807) is 23.7 Å². The Morgan fingerprint density at radius 3 is 2.60 bits per heavy atom. The first kappa shape index (κ1) is 14.1. The van der Waals surface area contributed by atoms with Crippen molar-refractivity contribution in [3.63, 3.8) is 0 Å². The van der Waals surface area contributed by atoms with E-state index in [0.717, 1.165) is 28.1 Å². The molecule has 6 heteroatoms. The van der Waals surface area contributed by atoms with Crippen molar-refractivity contribution in [1.82, 2.24) is 25.6 Å². The number of H-pyrrole nitrogens is 2. The molecule has 0 aliphatic carbocycles. The molecule has 3 heterocycles. The lowest BCUT2D eigenvalue weighted by Crippen LogP contribution is -1.90. The van der Waals surface area contributed by atoms with Crippen LogP contribution < -0.4 is 0 Å². The third kappa shape index (κ3) is 2.35. The Balaban J connectivity index is 1.81. The molecule has 0 fully saturated rings. The highest BCUT2D eigenvalue weighted by Crippen LogP contribution is 2.42. The molecule has 0 amide bonds. The summed E-state index contributed by atoms with van der Waals surface area (Å²) in [5, 5.41) is 19.5. The van der Waals surface area contributed by atoms with Crippen molar-refractivity contribution in [3.8, 4) is 33.0 Å². The van der Waals surface area contributed by atoms with Crippen LogP contribution in [0.15, 0.2) is 67.0 Å². The van der Waals surface area contributed by atoms with Crippen molar-refractivity contribution >= 4 is 21.4 Å². The van der Waals surface area contributed by atoms with Gasteiger partial charge in [-0.25, -0.2) is 0 Å². The van der Waals surface area contributed by atoms with E-state index in [1.165, 1.54) is 15.0 Å². The van der Waals surface area contributed by atoms with Gasteiger partial charge < -0.3 is 0 Å². The number of nitrogens with one attached hydrogen (secondary N) is 2. The fraction of sp³-hybridized carbons (Fsp3) is 0. The average Bonchev–Trinajstić information content (AvgIpc) is 3.42. The number of hydrogen-bond acceptors (Lipinski definition) is 4. The van der Waals surface area contributed by atoms with Gasteiger partial charge >= 0.3 is 0 Å². The van der Waals surface area contributed by atoms with Gasteiger partial charge in [-0.2, -0.15) is 20.5 Å². The van der Waals surface area contributed by atoms with E-state index in [-0.39, 0.29) is 0 Å². The summed E-state index contributed by atoms with van der Waals surface area (Å²) >= 11 is 1.78. The molecule has 5 rings (SSSR count). The van der Waals surface area contributed by atoms with Crippen molar-refractivity contribution in [1.29, 1.82) is 0 Å². The lowest BCUT2D eigenvalue weighted by molar-refractivity contribution is 0.942. The number of nitrogens with zero attached hydrogens (tertiary/aromatic N) is 3. The Morgan fingerprint density at radius 2 is 1.80 bits per heavy atom. The van der Waals surface area contributed by atoms with E-state index in [9.17, 15) is 0 Å². The van der Waals surface area contributed by atoms with Gasteiger partial charge in [-0.15, -0.1) is 11.3 Å². The molecular weight excluding hydrogens is 330 g/mol. The van der Waals surface area contributed by atoms with Gasteiger partial charge in [0, 0.05) is 32.5 Å². The molecule has 0 aliphatic rings. The summed E-state index contributed by atoms with van der Waals surface area (Å²) in [6.07, 6.45) is 3.51. The predicted molar refractivity (Wildman–Crippen MR) is 100 cm³/mol. The van der Waals surface area contributed by atoms with Crippen molar-refractivity contribution in [3.05, 3.63) is 67.0 Å². The second-order valence-corrected chi connectivity index (χ2v) is 6.79. The van der Waals surface area contributed by atoms with E-state index < -0.39 is 0 Å². The van der Waals surface area contributed by atoms with E-state index >= 15 is 0 Å². The fourth-order valence-corrected chi connectivity index (χ4v) is 4.19. The number of aromatic nitrogens is 5. The van der Waals surface area contributed by atoms with Crippen LogP contribution >= 0.6 is 11.3 Å². The first-order chi connectivity index (χ1) is 12.4. The predicted octanol–water partition coefficient (Wildman–Crippen LogP) is 4.74. The highest BCUT2D eigenvalue weighted by Gasteiger charge is 2.18. The summed E-state index contributed by atoms with van der Waals surface area (Å²) in [7, 11) is 0. The second kappa shape index (κ2) is 5.68. The molecular formula is C19H13N5S. The summed E-state index contributed by atoms with van der Waals surface area (Å²) in [5.41, 5.74) is 5.02. The minimum atomic E-state index is 0.817. The zero-order valence-electron chi connectivity index (χ0n) is 13.1. The van der Waals surface area contributed by atoms with Crippen LogP contribution in [0.1, 0.15) is 0 Å². The molecule has 0 spiro atoms. The molecule has 5 nitrogen and oxygen atoms in total. The van der Waals surface area contributed by atoms with Crippen LogP contribution in [0, 0.1) is 0 Å². The molecule has 0 aliphatic heterocycles. The summed E-state index contributed by atoms with van der Waals surface area (Å²) in [6.45, 7) is 0. The second-order valence-electron chi connectivity index (χ2n) is 5.70. The molecule has 0 unspecified atom stereocenters. The van der Waals surface area contributed by atoms with Gasteiger partial charge in [0.25, 0.3) is 0 Å². The van der Waals surface area contributed by atoms with Gasteiger partial charge in [0.2, 0.25) is 0 Å². The van der Waals surface area contributed by atoms with Gasteiger partial charge in [0.1, 0.15) is 5.69 Å². The normalized spacial score (nSPS) is 11.2. The van der Waals surface area contributed by atoms with Crippen molar-refractivity contribution in [2.75, 3.05) is 0 Å². The summed E-state index contributed by atoms with van der Waals surface area (Å²) in [5.74, 6) is 0. The fourth-order valence-electron chi connectivity index (χ4n) is 3.10. The van der Waals surface area contributed by atoms with Gasteiger partial charge in [-0.1, -0.05) is 36.4 Å². The monoisotopic (exact) mass is 343 g/mol. The molecule has 0 atom stereocenters. The van der Waals surface area contributed by atoms with E-state index in [4.69, 9.17) is 0 Å². The van der Waals surface area contributed by atoms with Gasteiger partial charge in [0.15, 0.2) is 0 Å². The highest BCUT2D eigenvalue weighted by atomic mass is 32.1. The third-order valence-electron chi connectivity index (χ3n) is 4.22. The summed E-state index contributed by atoms with van der Waals surface area (Å²) < 4.78 is 1.27. The van der Waals surface area contributed by atoms with Gasteiger partial charge in [-0.3, -0.25) is 5.10 Å². The lowest BCUT2D eigenvalue weighted by Gasteiger charge is -2.11. The molecule has 120 valence electrons. The van der Waals surface area contributed by atoms with E-state index in [2.05, 4.69) is 74.1 Å². The average molecular weight is 343 g/mol. The molecule has 0 saturated heterocycles. The van der Waals surface area contributed by atoms with E-state index in [0.29, 0.717) is 0 Å². The van der Waals surface area contributed by atoms with Gasteiger partial charge in [-0.05, 0) is 23.6 Å². The number of thiophene rings is 1. The quantitative estimate of drug-likeness (QED) is 0.497. The molecule has 2 N–H and O–H groups in total. The van der Waals surface area contributed by atoms with Crippen LogP contribution in [0.3, 0.4) is 0 Å². The minimum Gasteiger partial charge on any atom is -0.278 e. The maximum atomic E-state index is 4.33. The number of hydrogen-bond donors (Lipinski definition) is 2. The molecule has 25 heavy (non-hydrogen) atoms. The molecule has 5 aromatic rings. The maximum Gasteiger partial charge on any atom is 0.114 e. The number of benzene rings is 2. The smallest absolute Gasteiger partial charge is 0.114 e. The van der Waals surface area contributed by atoms with Crippen LogP contribution in [-0.4, -0.2) is 25.6 Å². The molecule has 0 saturated carbocycles. The van der Waals surface area contributed by atoms with Crippen LogP contribution in [-0.2, 0) is 0 Å².